The summed E-state index contributed by atoms with van der Waals surface area (Å²) in [5, 5.41) is 5.77. The van der Waals surface area contributed by atoms with Gasteiger partial charge in [-0.3, -0.25) is 0 Å². The second-order valence-electron chi connectivity index (χ2n) is 22.6. The van der Waals surface area contributed by atoms with Gasteiger partial charge in [-0.1, -0.05) is 104 Å². The molecule has 2 aromatic heterocycles. The molecule has 3 heterocycles. The minimum absolute atomic E-state index is 0.210. The zero-order chi connectivity index (χ0) is 53.4. The molecule has 73 heavy (non-hydrogen) atoms. The van der Waals surface area contributed by atoms with Gasteiger partial charge in [0.1, 0.15) is 188 Å². The Morgan fingerprint density at radius 2 is 0.589 bits per heavy atom. The Labute approximate surface area is 464 Å². The number of halogens is 1. The zero-order valence-electron chi connectivity index (χ0n) is 48.3. The average molecular weight is 946 g/mol. The first-order valence-corrected chi connectivity index (χ1v) is 27.6. The predicted molar refractivity (Wildman–Crippen MR) is 405 cm³/mol. The molecular formula is C43H49B25ClN3S. The monoisotopic (exact) mass is 950 g/mol. The Morgan fingerprint density at radius 3 is 1.11 bits per heavy atom. The van der Waals surface area contributed by atoms with Gasteiger partial charge in [0.15, 0.2) is 18.9 Å². The molecule has 0 spiro atoms. The molecule has 324 valence electrons. The molecule has 0 atom stereocenters. The van der Waals surface area contributed by atoms with Crippen molar-refractivity contribution in [3.05, 3.63) is 5.28 Å². The van der Waals surface area contributed by atoms with Crippen LogP contribution >= 0.6 is 22.9 Å². The number of thiophene rings is 1. The maximum absolute atomic E-state index is 7.21. The van der Waals surface area contributed by atoms with Crippen LogP contribution < -0.4 is 142 Å². The summed E-state index contributed by atoms with van der Waals surface area (Å²) >= 11 is 9.15. The normalized spacial score (nSPS) is 12.0. The molecule has 1 aliphatic rings. The number of aromatic nitrogens is 3. The summed E-state index contributed by atoms with van der Waals surface area (Å²) in [7, 11) is 56.4. The highest BCUT2D eigenvalue weighted by molar-refractivity contribution is 7.28. The predicted octanol–water partition coefficient (Wildman–Crippen LogP) is -31.7. The topological polar surface area (TPSA) is 38.7 Å². The first-order valence-electron chi connectivity index (χ1n) is 26.4. The van der Waals surface area contributed by atoms with Gasteiger partial charge in [-0.2, -0.15) is 9.97 Å². The van der Waals surface area contributed by atoms with Crippen LogP contribution in [0.25, 0.3) is 87.1 Å². The van der Waals surface area contributed by atoms with Gasteiger partial charge in [0, 0.05) is 25.9 Å². The van der Waals surface area contributed by atoms with Gasteiger partial charge in [0.2, 0.25) is 5.28 Å². The fraction of sp³-hybridized carbons (Fsp3) is 0. The number of fused-ring (bicyclic) bond motifs is 3. The van der Waals surface area contributed by atoms with Gasteiger partial charge in [-0.05, 0) is 61.1 Å². The van der Waals surface area contributed by atoms with Crippen molar-refractivity contribution < 1.29 is 0 Å². The van der Waals surface area contributed by atoms with E-state index in [1.807, 2.05) is 11.3 Å². The summed E-state index contributed by atoms with van der Waals surface area (Å²) in [6, 6.07) is 0. The smallest absolute Gasteiger partial charge is 0.208 e. The van der Waals surface area contributed by atoms with Crippen LogP contribution in [0.3, 0.4) is 0 Å². The summed E-state index contributed by atoms with van der Waals surface area (Å²) < 4.78 is 2.70. The lowest BCUT2D eigenvalue weighted by Crippen LogP contribution is -2.59. The van der Waals surface area contributed by atoms with Crippen molar-refractivity contribution >= 4 is 392 Å². The van der Waals surface area contributed by atoms with Crippen LogP contribution in [-0.4, -0.2) is 211 Å². The zero-order valence-corrected chi connectivity index (χ0v) is 49.9. The lowest BCUT2D eigenvalue weighted by molar-refractivity contribution is 1.07. The van der Waals surface area contributed by atoms with Crippen LogP contribution in [0.2, 0.25) is 5.28 Å². The van der Waals surface area contributed by atoms with Gasteiger partial charge in [-0.25, -0.2) is 4.98 Å². The van der Waals surface area contributed by atoms with E-state index in [9.17, 15) is 0 Å². The molecule has 3 nitrogen and oxygen atoms in total. The average Bonchev–Trinajstić information content (AvgIpc) is 3.66. The van der Waals surface area contributed by atoms with Gasteiger partial charge in [0.05, 0.1) is 0 Å². The summed E-state index contributed by atoms with van der Waals surface area (Å²) in [4.78, 5) is 15.7. The SMILES string of the molecule is Bc1c(B)c(B)c(-c2c(B)c(B)c3c(B)c(B)c(-c4c(B)c(B)c(B)c(-c5nc(Cl)nc(-c6c(B)c7c8c(sc9c(B)c(B)c(B)c(c98)-c8c(B)c(B)c(B)c(B)c8B7)c6B)n5)c4B)c(B)c3c2B)c(B)c1B. The number of hydrogen-bond acceptors (Lipinski definition) is 4. The van der Waals surface area contributed by atoms with Crippen LogP contribution in [0.4, 0.5) is 0 Å². The molecule has 0 bridgehead atoms. The van der Waals surface area contributed by atoms with Crippen molar-refractivity contribution in [1.29, 1.82) is 0 Å². The maximum atomic E-state index is 7.21. The molecule has 0 radical (unpaired) electrons. The van der Waals surface area contributed by atoms with Crippen LogP contribution in [0.5, 0.6) is 0 Å². The standard InChI is InChI=1S/C43H49B25ClN3S/c44-13-3-7(20(51)18(49)6(14(3)45)8-22(53)29(60)33(64)30(61)23(8)54)19(50)17(48)4(13)5-15(46)11(25(56)28(59)21(5)52)41-70-42(72-43(69)71-41)12-26(57)38-10-2-1(9-24(55)31(62)34(65)35(66)37(9)68-38)16(47)32(63)36(67)39(2)73-40(10)27(12)58/h68H,44-67H2. The third-order valence-corrected chi connectivity index (χ3v) is 21.4. The largest absolute Gasteiger partial charge is 0.226 e. The molecule has 30 heteroatoms. The minimum atomic E-state index is 0.210. The van der Waals surface area contributed by atoms with E-state index in [0.717, 1.165) is 18.4 Å². The molecule has 7 aromatic carbocycles. The van der Waals surface area contributed by atoms with Crippen LogP contribution in [0.15, 0.2) is 0 Å². The quantitative estimate of drug-likeness (QED) is 0.165. The van der Waals surface area contributed by atoms with Crippen molar-refractivity contribution in [1.82, 2.24) is 15.0 Å². The van der Waals surface area contributed by atoms with E-state index >= 15 is 0 Å². The lowest BCUT2D eigenvalue weighted by Gasteiger charge is -2.30. The summed E-state index contributed by atoms with van der Waals surface area (Å²) in [5.41, 5.74) is 45.1. The molecule has 9 aromatic rings. The Bertz CT molecular complexity index is 4110. The van der Waals surface area contributed by atoms with E-state index in [4.69, 9.17) is 26.6 Å². The van der Waals surface area contributed by atoms with E-state index in [1.54, 1.807) is 0 Å². The van der Waals surface area contributed by atoms with Crippen molar-refractivity contribution in [2.45, 2.75) is 0 Å². The minimum Gasteiger partial charge on any atom is -0.208 e. The van der Waals surface area contributed by atoms with Gasteiger partial charge in [0.25, 0.3) is 0 Å². The molecule has 0 fully saturated rings. The van der Waals surface area contributed by atoms with Gasteiger partial charge >= 0.3 is 0 Å². The molecule has 0 N–H and O–H groups in total. The van der Waals surface area contributed by atoms with E-state index < -0.39 is 0 Å². The molecule has 0 aliphatic carbocycles. The van der Waals surface area contributed by atoms with Crippen molar-refractivity contribution in [2.75, 3.05) is 0 Å². The second-order valence-corrected chi connectivity index (χ2v) is 24.0. The number of benzene rings is 7. The molecule has 10 rings (SSSR count). The molecule has 1 aliphatic heterocycles. The third kappa shape index (κ3) is 7.10. The van der Waals surface area contributed by atoms with Gasteiger partial charge < -0.3 is 0 Å². The number of rotatable bonds is 4. The van der Waals surface area contributed by atoms with Crippen molar-refractivity contribution in [2.24, 2.45) is 0 Å². The Hall–Kier alpha value is -4.06. The van der Waals surface area contributed by atoms with E-state index in [1.165, 1.54) is 206 Å². The van der Waals surface area contributed by atoms with Gasteiger partial charge in [-0.15, -0.1) is 49.6 Å². The highest BCUT2D eigenvalue weighted by Crippen LogP contribution is 2.37. The Morgan fingerprint density at radius 1 is 0.247 bits per heavy atom. The lowest BCUT2D eigenvalue weighted by atomic mass is 9.50. The van der Waals surface area contributed by atoms with Crippen LogP contribution in [-0.2, 0) is 0 Å². The number of nitrogens with zero attached hydrogens (tertiary/aromatic N) is 3. The van der Waals surface area contributed by atoms with E-state index in [2.05, 4.69) is 188 Å². The molecule has 0 saturated heterocycles. The molecule has 0 unspecified atom stereocenters. The Balaban J connectivity index is 1.24. The second kappa shape index (κ2) is 18.0. The molecule has 0 amide bonds. The third-order valence-electron chi connectivity index (χ3n) is 19.8. The molecule has 0 saturated carbocycles. The Kier molecular flexibility index (Phi) is 12.9. The molecular weight excluding hydrogens is 896 g/mol. The summed E-state index contributed by atoms with van der Waals surface area (Å²) in [5.74, 6) is 1.26. The number of hydrogen-bond donors (Lipinski definition) is 0. The first kappa shape index (κ1) is 52.4. The van der Waals surface area contributed by atoms with Crippen molar-refractivity contribution in [3.8, 4) is 56.2 Å². The van der Waals surface area contributed by atoms with Crippen molar-refractivity contribution in [3.63, 3.8) is 0 Å². The highest BCUT2D eigenvalue weighted by Gasteiger charge is 2.32. The summed E-state index contributed by atoms with van der Waals surface area (Å²) in [6.07, 6.45) is 0. The van der Waals surface area contributed by atoms with E-state index in [0.29, 0.717) is 11.6 Å². The fourth-order valence-corrected chi connectivity index (χ4v) is 15.7. The summed E-state index contributed by atoms with van der Waals surface area (Å²) in [6.45, 7) is 0. The van der Waals surface area contributed by atoms with E-state index in [-0.39, 0.29) is 5.28 Å². The van der Waals surface area contributed by atoms with Crippen LogP contribution in [0.1, 0.15) is 0 Å². The highest BCUT2D eigenvalue weighted by atomic mass is 35.5. The maximum Gasteiger partial charge on any atom is 0.226 e. The first-order chi connectivity index (χ1) is 34.2. The fourth-order valence-electron chi connectivity index (χ4n) is 14.2. The van der Waals surface area contributed by atoms with Crippen LogP contribution in [0, 0.1) is 0 Å².